The largest absolute Gasteiger partial charge is 0.495 e. The van der Waals surface area contributed by atoms with Gasteiger partial charge in [-0.3, -0.25) is 0 Å². The molecule has 4 rings (SSSR count). The molecule has 0 aliphatic carbocycles. The van der Waals surface area contributed by atoms with Crippen molar-refractivity contribution in [3.63, 3.8) is 0 Å². The predicted octanol–water partition coefficient (Wildman–Crippen LogP) is 6.23. The van der Waals surface area contributed by atoms with Gasteiger partial charge in [0.25, 0.3) is 0 Å². The lowest BCUT2D eigenvalue weighted by Crippen LogP contribution is -2.41. The fourth-order valence-corrected chi connectivity index (χ4v) is 5.72. The molecule has 1 heterocycles. The molecule has 0 saturated carbocycles. The molecule has 6 nitrogen and oxygen atoms in total. The van der Waals surface area contributed by atoms with Crippen molar-refractivity contribution in [3.8, 4) is 11.5 Å². The average molecular weight is 507 g/mol. The highest BCUT2D eigenvalue weighted by Gasteiger charge is 2.36. The molecule has 0 spiro atoms. The van der Waals surface area contributed by atoms with Crippen molar-refractivity contribution in [1.82, 2.24) is 4.72 Å². The minimum absolute atomic E-state index is 0.249. The molecule has 0 unspecified atom stereocenters. The van der Waals surface area contributed by atoms with Crippen LogP contribution in [0.5, 0.6) is 11.5 Å². The zero-order valence-electron chi connectivity index (χ0n) is 21.5. The zero-order chi connectivity index (χ0) is 26.1. The Morgan fingerprint density at radius 3 is 2.53 bits per heavy atom. The van der Waals surface area contributed by atoms with Gasteiger partial charge in [-0.2, -0.15) is 0 Å². The lowest BCUT2D eigenvalue weighted by Gasteiger charge is -2.38. The van der Waals surface area contributed by atoms with Crippen molar-refractivity contribution in [1.29, 1.82) is 0 Å². The third-order valence-electron chi connectivity index (χ3n) is 6.49. The van der Waals surface area contributed by atoms with Gasteiger partial charge in [0.05, 0.1) is 23.7 Å². The SMILES string of the molecule is C=C(Nc1c(C)cccc1OC)c1ccc2c(c1)[C@@H](NS(=O)(=O)c1ccc(CC)cc1)CC(C)(C)O2. The summed E-state index contributed by atoms with van der Waals surface area (Å²) >= 11 is 0. The van der Waals surface area contributed by atoms with Crippen LogP contribution in [0.1, 0.15) is 55.5 Å². The Morgan fingerprint density at radius 2 is 1.86 bits per heavy atom. The number of aryl methyl sites for hydroxylation is 2. The second-order valence-electron chi connectivity index (χ2n) is 9.75. The summed E-state index contributed by atoms with van der Waals surface area (Å²) in [6.07, 6.45) is 1.34. The molecular formula is C29H34N2O4S. The zero-order valence-corrected chi connectivity index (χ0v) is 22.3. The maximum Gasteiger partial charge on any atom is 0.241 e. The second-order valence-corrected chi connectivity index (χ2v) is 11.5. The lowest BCUT2D eigenvalue weighted by atomic mass is 9.89. The summed E-state index contributed by atoms with van der Waals surface area (Å²) in [7, 11) is -2.10. The Kier molecular flexibility index (Phi) is 7.16. The highest BCUT2D eigenvalue weighted by atomic mass is 32.2. The average Bonchev–Trinajstić information content (AvgIpc) is 2.84. The molecular weight excluding hydrogens is 472 g/mol. The molecule has 1 aliphatic heterocycles. The van der Waals surface area contributed by atoms with Crippen molar-refractivity contribution in [3.05, 3.63) is 89.5 Å². The molecule has 3 aromatic carbocycles. The molecule has 3 aromatic rings. The van der Waals surface area contributed by atoms with E-state index in [1.54, 1.807) is 19.2 Å². The van der Waals surface area contributed by atoms with E-state index >= 15 is 0 Å². The van der Waals surface area contributed by atoms with Gasteiger partial charge in [-0.15, -0.1) is 0 Å². The van der Waals surface area contributed by atoms with Gasteiger partial charge in [0.15, 0.2) is 0 Å². The summed E-state index contributed by atoms with van der Waals surface area (Å²) in [5.74, 6) is 1.38. The molecule has 0 bridgehead atoms. The van der Waals surface area contributed by atoms with E-state index in [1.807, 2.05) is 76.2 Å². The van der Waals surface area contributed by atoms with E-state index in [0.29, 0.717) is 17.9 Å². The number of nitrogens with one attached hydrogen (secondary N) is 2. The Balaban J connectivity index is 1.66. The standard InChI is InChI=1S/C29H34N2O4S/c1-7-21-11-14-23(15-12-21)36(32,33)31-25-18-29(4,5)35-26-16-13-22(17-24(25)26)20(3)30-28-19(2)9-8-10-27(28)34-6/h8-17,25,30-31H,3,7,18H2,1-2,4-6H3/t25-/m0/s1. The quantitative estimate of drug-likeness (QED) is 0.379. The topological polar surface area (TPSA) is 76.7 Å². The van der Waals surface area contributed by atoms with Crippen LogP contribution in [0, 0.1) is 6.92 Å². The number of ether oxygens (including phenoxy) is 2. The molecule has 190 valence electrons. The summed E-state index contributed by atoms with van der Waals surface area (Å²) in [4.78, 5) is 0.249. The first kappa shape index (κ1) is 25.8. The van der Waals surface area contributed by atoms with Crippen LogP contribution in [-0.2, 0) is 16.4 Å². The van der Waals surface area contributed by atoms with Gasteiger partial charge in [0.2, 0.25) is 10.0 Å². The van der Waals surface area contributed by atoms with Crippen LogP contribution in [0.15, 0.2) is 72.1 Å². The first-order valence-electron chi connectivity index (χ1n) is 12.1. The van der Waals surface area contributed by atoms with E-state index < -0.39 is 21.7 Å². The monoisotopic (exact) mass is 506 g/mol. The Bertz CT molecular complexity index is 1380. The number of hydrogen-bond acceptors (Lipinski definition) is 5. The van der Waals surface area contributed by atoms with Crippen molar-refractivity contribution in [2.24, 2.45) is 0 Å². The van der Waals surface area contributed by atoms with Gasteiger partial charge in [0, 0.05) is 17.7 Å². The molecule has 7 heteroatoms. The molecule has 1 atom stereocenters. The first-order chi connectivity index (χ1) is 17.0. The molecule has 0 radical (unpaired) electrons. The smallest absolute Gasteiger partial charge is 0.241 e. The summed E-state index contributed by atoms with van der Waals surface area (Å²) in [6, 6.07) is 18.1. The maximum atomic E-state index is 13.3. The van der Waals surface area contributed by atoms with E-state index in [9.17, 15) is 8.42 Å². The highest BCUT2D eigenvalue weighted by molar-refractivity contribution is 7.89. The van der Waals surface area contributed by atoms with Crippen LogP contribution in [0.2, 0.25) is 0 Å². The summed E-state index contributed by atoms with van der Waals surface area (Å²) in [6.45, 7) is 12.2. The number of fused-ring (bicyclic) bond motifs is 1. The first-order valence-corrected chi connectivity index (χ1v) is 13.6. The highest BCUT2D eigenvalue weighted by Crippen LogP contribution is 2.41. The molecule has 0 saturated heterocycles. The van der Waals surface area contributed by atoms with Crippen LogP contribution in [0.3, 0.4) is 0 Å². The van der Waals surface area contributed by atoms with Gasteiger partial charge < -0.3 is 14.8 Å². The van der Waals surface area contributed by atoms with Crippen LogP contribution in [-0.4, -0.2) is 21.1 Å². The minimum Gasteiger partial charge on any atom is -0.495 e. The van der Waals surface area contributed by atoms with Gasteiger partial charge >= 0.3 is 0 Å². The molecule has 1 aliphatic rings. The van der Waals surface area contributed by atoms with Gasteiger partial charge in [-0.1, -0.05) is 37.8 Å². The summed E-state index contributed by atoms with van der Waals surface area (Å²) in [5.41, 5.74) is 4.71. The van der Waals surface area contributed by atoms with Crippen molar-refractivity contribution < 1.29 is 17.9 Å². The Morgan fingerprint density at radius 1 is 1.14 bits per heavy atom. The van der Waals surface area contributed by atoms with Crippen LogP contribution in [0.4, 0.5) is 5.69 Å². The van der Waals surface area contributed by atoms with Crippen molar-refractivity contribution >= 4 is 21.4 Å². The molecule has 0 fully saturated rings. The molecule has 36 heavy (non-hydrogen) atoms. The third-order valence-corrected chi connectivity index (χ3v) is 7.97. The number of para-hydroxylation sites is 1. The van der Waals surface area contributed by atoms with Crippen LogP contribution < -0.4 is 19.5 Å². The summed E-state index contributed by atoms with van der Waals surface area (Å²) < 4.78 is 41.2. The second kappa shape index (κ2) is 9.99. The number of benzene rings is 3. The Hall–Kier alpha value is -3.29. The van der Waals surface area contributed by atoms with Crippen molar-refractivity contribution in [2.75, 3.05) is 12.4 Å². The van der Waals surface area contributed by atoms with E-state index in [0.717, 1.165) is 40.1 Å². The molecule has 0 amide bonds. The maximum absolute atomic E-state index is 13.3. The number of sulfonamides is 1. The van der Waals surface area contributed by atoms with Crippen molar-refractivity contribution in [2.45, 2.75) is 57.1 Å². The van der Waals surface area contributed by atoms with Crippen LogP contribution in [0.25, 0.3) is 5.70 Å². The fraction of sp³-hybridized carbons (Fsp3) is 0.310. The van der Waals surface area contributed by atoms with E-state index in [2.05, 4.69) is 16.6 Å². The van der Waals surface area contributed by atoms with E-state index in [-0.39, 0.29) is 4.90 Å². The van der Waals surface area contributed by atoms with Gasteiger partial charge in [0.1, 0.15) is 17.1 Å². The number of anilines is 1. The number of hydrogen-bond donors (Lipinski definition) is 2. The minimum atomic E-state index is -3.73. The Labute approximate surface area is 214 Å². The molecule has 2 N–H and O–H groups in total. The normalized spacial score (nSPS) is 16.5. The number of methoxy groups -OCH3 is 1. The summed E-state index contributed by atoms with van der Waals surface area (Å²) in [5, 5.41) is 3.37. The van der Waals surface area contributed by atoms with Gasteiger partial charge in [-0.05, 0) is 80.3 Å². The van der Waals surface area contributed by atoms with Crippen LogP contribution >= 0.6 is 0 Å². The van der Waals surface area contributed by atoms with E-state index in [4.69, 9.17) is 9.47 Å². The van der Waals surface area contributed by atoms with E-state index in [1.165, 1.54) is 0 Å². The van der Waals surface area contributed by atoms with Gasteiger partial charge in [-0.25, -0.2) is 13.1 Å². The lowest BCUT2D eigenvalue weighted by molar-refractivity contribution is 0.0702. The fourth-order valence-electron chi connectivity index (χ4n) is 4.50. The predicted molar refractivity (Wildman–Crippen MR) is 145 cm³/mol. The molecule has 0 aromatic heterocycles. The third kappa shape index (κ3) is 5.42. The number of rotatable bonds is 8.